The van der Waals surface area contributed by atoms with Crippen molar-refractivity contribution >= 4 is 49.0 Å². The summed E-state index contributed by atoms with van der Waals surface area (Å²) in [6, 6.07) is 29.6. The number of aromatic nitrogens is 3. The molecule has 2 bridgehead atoms. The van der Waals surface area contributed by atoms with Gasteiger partial charge in [-0.05, 0) is 52.9 Å². The Bertz CT molecular complexity index is 2190. The van der Waals surface area contributed by atoms with Crippen molar-refractivity contribution < 1.29 is 4.57 Å². The van der Waals surface area contributed by atoms with Crippen molar-refractivity contribution in [2.24, 2.45) is 7.05 Å². The Hall–Kier alpha value is -4.02. The zero-order chi connectivity index (χ0) is 27.1. The fourth-order valence-electron chi connectivity index (χ4n) is 7.74. The van der Waals surface area contributed by atoms with Crippen LogP contribution in [0.2, 0.25) is 0 Å². The number of rotatable bonds is 0. The van der Waals surface area contributed by atoms with Crippen LogP contribution in [-0.2, 0) is 12.5 Å². The number of nitrogens with zero attached hydrogens (tertiary/aromatic N) is 3. The molecule has 7 aromatic rings. The molecule has 10 rings (SSSR count). The van der Waals surface area contributed by atoms with E-state index in [9.17, 15) is 0 Å². The smallest absolute Gasteiger partial charge is 0.241 e. The molecule has 4 aromatic carbocycles. The number of pyridine rings is 1. The highest BCUT2D eigenvalue weighted by Crippen LogP contribution is 2.59. The van der Waals surface area contributed by atoms with Gasteiger partial charge in [0.15, 0.2) is 11.0 Å². The van der Waals surface area contributed by atoms with Gasteiger partial charge in [0.05, 0.1) is 33.6 Å². The van der Waals surface area contributed by atoms with Crippen LogP contribution in [0.4, 0.5) is 0 Å². The maximum absolute atomic E-state index is 5.24. The third-order valence-electron chi connectivity index (χ3n) is 9.34. The molecule has 0 saturated carbocycles. The van der Waals surface area contributed by atoms with Gasteiger partial charge in [0, 0.05) is 22.3 Å². The molecule has 0 saturated heterocycles. The molecular formula is C36H30N3S+. The topological polar surface area (TPSA) is 21.2 Å². The highest BCUT2D eigenvalue weighted by Gasteiger charge is 2.47. The molecule has 3 aromatic heterocycles. The number of para-hydroxylation sites is 2. The first-order valence-electron chi connectivity index (χ1n) is 14.2. The third kappa shape index (κ3) is 2.61. The summed E-state index contributed by atoms with van der Waals surface area (Å²) in [7, 11) is 2.24. The quantitative estimate of drug-likeness (QED) is 0.179. The summed E-state index contributed by atoms with van der Waals surface area (Å²) in [6.07, 6.45) is 0. The van der Waals surface area contributed by atoms with Crippen molar-refractivity contribution in [1.82, 2.24) is 9.38 Å². The first-order chi connectivity index (χ1) is 19.3. The molecule has 0 spiro atoms. The second kappa shape index (κ2) is 7.38. The first kappa shape index (κ1) is 22.8. The summed E-state index contributed by atoms with van der Waals surface area (Å²) >= 11 is 1.90. The highest BCUT2D eigenvalue weighted by atomic mass is 32.1. The minimum Gasteiger partial charge on any atom is -0.241 e. The Morgan fingerprint density at radius 1 is 0.800 bits per heavy atom. The van der Waals surface area contributed by atoms with Gasteiger partial charge in [0.1, 0.15) is 5.69 Å². The average molecular weight is 537 g/mol. The average Bonchev–Trinajstić information content (AvgIpc) is 3.52. The van der Waals surface area contributed by atoms with Gasteiger partial charge in [-0.25, -0.2) is 9.55 Å². The molecule has 3 aliphatic carbocycles. The molecule has 0 radical (unpaired) electrons. The van der Waals surface area contributed by atoms with Gasteiger partial charge in [0.2, 0.25) is 0 Å². The van der Waals surface area contributed by atoms with Crippen LogP contribution in [0.15, 0.2) is 78.9 Å². The Morgan fingerprint density at radius 2 is 1.40 bits per heavy atom. The highest BCUT2D eigenvalue weighted by molar-refractivity contribution is 7.19. The maximum atomic E-state index is 5.24. The van der Waals surface area contributed by atoms with E-state index in [-0.39, 0.29) is 17.3 Å². The minimum absolute atomic E-state index is 0.000681. The number of aryl methyl sites for hydroxylation is 2. The standard InChI is InChI=1S/C36H30N3S/c1-19-18-24-33(40-35(37-24)36(2,3)4)31-27(19)34-38(5)25-16-10-11-17-26(25)39(34)32-29-22-14-8-6-12-20(22)28(30(31)32)21-13-7-9-15-23(21)29/h6-18,28-29H,1-5H3/q+1. The van der Waals surface area contributed by atoms with E-state index in [2.05, 4.69) is 123 Å². The van der Waals surface area contributed by atoms with Gasteiger partial charge < -0.3 is 0 Å². The largest absolute Gasteiger partial charge is 0.295 e. The summed E-state index contributed by atoms with van der Waals surface area (Å²) < 4.78 is 6.36. The Morgan fingerprint density at radius 3 is 2.05 bits per heavy atom. The van der Waals surface area contributed by atoms with Crippen LogP contribution in [0.3, 0.4) is 0 Å². The molecule has 3 nitrogen and oxygen atoms in total. The maximum Gasteiger partial charge on any atom is 0.295 e. The van der Waals surface area contributed by atoms with Crippen LogP contribution in [0.25, 0.3) is 37.7 Å². The molecule has 3 heterocycles. The minimum atomic E-state index is 0.000681. The van der Waals surface area contributed by atoms with E-state index in [1.807, 2.05) is 11.3 Å². The van der Waals surface area contributed by atoms with E-state index in [0.717, 1.165) is 5.52 Å². The molecule has 3 aliphatic rings. The van der Waals surface area contributed by atoms with Crippen LogP contribution in [-0.4, -0.2) is 9.38 Å². The lowest BCUT2D eigenvalue weighted by atomic mass is 9.62. The Kier molecular flexibility index (Phi) is 4.20. The molecule has 194 valence electrons. The summed E-state index contributed by atoms with van der Waals surface area (Å²) in [5.41, 5.74) is 15.0. The second-order valence-corrected chi connectivity index (χ2v) is 13.7. The van der Waals surface area contributed by atoms with Gasteiger partial charge in [-0.1, -0.05) is 81.4 Å². The van der Waals surface area contributed by atoms with E-state index in [4.69, 9.17) is 4.98 Å². The fraction of sp³-hybridized carbons (Fsp3) is 0.222. The van der Waals surface area contributed by atoms with E-state index >= 15 is 0 Å². The van der Waals surface area contributed by atoms with Crippen molar-refractivity contribution in [2.75, 3.05) is 0 Å². The van der Waals surface area contributed by atoms with Gasteiger partial charge in [-0.15, -0.1) is 11.3 Å². The number of thiazole rings is 1. The molecule has 4 heteroatoms. The van der Waals surface area contributed by atoms with E-state index < -0.39 is 0 Å². The van der Waals surface area contributed by atoms with Gasteiger partial charge in [-0.2, -0.15) is 4.40 Å². The molecule has 0 atom stereocenters. The molecule has 0 aliphatic heterocycles. The van der Waals surface area contributed by atoms with Crippen molar-refractivity contribution in [1.29, 1.82) is 0 Å². The molecule has 0 amide bonds. The van der Waals surface area contributed by atoms with Gasteiger partial charge >= 0.3 is 0 Å². The molecule has 0 fully saturated rings. The molecule has 0 N–H and O–H groups in total. The van der Waals surface area contributed by atoms with E-state index in [0.29, 0.717) is 0 Å². The summed E-state index contributed by atoms with van der Waals surface area (Å²) in [5.74, 6) is 0.372. The number of fused-ring (bicyclic) bond motifs is 7. The molecule has 0 unspecified atom stereocenters. The number of hydrogen-bond donors (Lipinski definition) is 0. The van der Waals surface area contributed by atoms with Crippen molar-refractivity contribution in [3.05, 3.63) is 123 Å². The van der Waals surface area contributed by atoms with Crippen LogP contribution in [0.1, 0.15) is 76.7 Å². The molecule has 40 heavy (non-hydrogen) atoms. The van der Waals surface area contributed by atoms with Crippen LogP contribution >= 0.6 is 11.3 Å². The normalized spacial score (nSPS) is 17.6. The van der Waals surface area contributed by atoms with Gasteiger partial charge in [0.25, 0.3) is 5.65 Å². The first-order valence-corrected chi connectivity index (χ1v) is 15.0. The zero-order valence-corrected chi connectivity index (χ0v) is 24.2. The number of hydrogen-bond acceptors (Lipinski definition) is 2. The van der Waals surface area contributed by atoms with Crippen LogP contribution in [0.5, 0.6) is 0 Å². The van der Waals surface area contributed by atoms with E-state index in [1.165, 1.54) is 76.2 Å². The predicted molar refractivity (Wildman–Crippen MR) is 165 cm³/mol. The predicted octanol–water partition coefficient (Wildman–Crippen LogP) is 8.27. The SMILES string of the molecule is Cc1cc2nc(C(C)(C)C)sc2c2c3c(n4c5ccccc5[n+](C)c4c12)C1c2ccccc2C3c2ccccc21. The van der Waals surface area contributed by atoms with Crippen LogP contribution in [0, 0.1) is 6.92 Å². The summed E-state index contributed by atoms with van der Waals surface area (Å²) in [6.45, 7) is 9.12. The monoisotopic (exact) mass is 536 g/mol. The summed E-state index contributed by atoms with van der Waals surface area (Å²) in [4.78, 5) is 5.24. The summed E-state index contributed by atoms with van der Waals surface area (Å²) in [5, 5.41) is 3.97. The van der Waals surface area contributed by atoms with Crippen molar-refractivity contribution in [3.8, 4) is 0 Å². The third-order valence-corrected chi connectivity index (χ3v) is 10.9. The van der Waals surface area contributed by atoms with Crippen LogP contribution < -0.4 is 4.57 Å². The van der Waals surface area contributed by atoms with Crippen molar-refractivity contribution in [2.45, 2.75) is 44.9 Å². The fourth-order valence-corrected chi connectivity index (χ4v) is 8.91. The Balaban J connectivity index is 1.61. The Labute approximate surface area is 237 Å². The van der Waals surface area contributed by atoms with Crippen molar-refractivity contribution in [3.63, 3.8) is 0 Å². The lowest BCUT2D eigenvalue weighted by Crippen LogP contribution is -2.32. The lowest BCUT2D eigenvalue weighted by molar-refractivity contribution is -0.617. The number of imidazole rings is 1. The van der Waals surface area contributed by atoms with Gasteiger partial charge in [-0.3, -0.25) is 0 Å². The zero-order valence-electron chi connectivity index (χ0n) is 23.4. The second-order valence-electron chi connectivity index (χ2n) is 12.7. The number of benzene rings is 4. The molecular weight excluding hydrogens is 506 g/mol. The lowest BCUT2D eigenvalue weighted by Gasteiger charge is -2.41. The van der Waals surface area contributed by atoms with E-state index in [1.54, 1.807) is 0 Å².